The Morgan fingerprint density at radius 2 is 1.97 bits per heavy atom. The van der Waals surface area contributed by atoms with Crippen molar-refractivity contribution in [3.63, 3.8) is 0 Å². The monoisotopic (exact) mass is 437 g/mol. The van der Waals surface area contributed by atoms with E-state index in [-0.39, 0.29) is 30.1 Å². The number of likely N-dealkylation sites (N-methyl/N-ethyl adjacent to an activating group) is 1. The second kappa shape index (κ2) is 7.89. The van der Waals surface area contributed by atoms with Gasteiger partial charge in [0.15, 0.2) is 5.69 Å². The van der Waals surface area contributed by atoms with Gasteiger partial charge in [0.05, 0.1) is 0 Å². The van der Waals surface area contributed by atoms with Crippen LogP contribution in [0.25, 0.3) is 0 Å². The number of nitrogens with zero attached hydrogens (tertiary/aromatic N) is 3. The van der Waals surface area contributed by atoms with Gasteiger partial charge in [-0.1, -0.05) is 5.16 Å². The highest BCUT2D eigenvalue weighted by atomic mass is 32.2. The van der Waals surface area contributed by atoms with Crippen molar-refractivity contribution in [2.45, 2.75) is 81.5 Å². The van der Waals surface area contributed by atoms with E-state index in [2.05, 4.69) is 15.8 Å². The Morgan fingerprint density at radius 1 is 1.23 bits per heavy atom. The van der Waals surface area contributed by atoms with E-state index in [1.165, 1.54) is 0 Å². The van der Waals surface area contributed by atoms with Crippen LogP contribution in [-0.2, 0) is 10.2 Å². The number of hydrogen-bond acceptors (Lipinski definition) is 6. The van der Waals surface area contributed by atoms with Gasteiger partial charge in [0.25, 0.3) is 16.1 Å². The van der Waals surface area contributed by atoms with Crippen LogP contribution >= 0.6 is 0 Å². The zero-order valence-electron chi connectivity index (χ0n) is 17.4. The molecular weight excluding hydrogens is 406 g/mol. The molecule has 0 aromatic carbocycles. The van der Waals surface area contributed by atoms with Gasteiger partial charge < -0.3 is 15.2 Å². The maximum Gasteiger partial charge on any atom is 0.282 e. The van der Waals surface area contributed by atoms with E-state index in [0.717, 1.165) is 50.8 Å². The van der Waals surface area contributed by atoms with E-state index < -0.39 is 10.2 Å². The van der Waals surface area contributed by atoms with Crippen LogP contribution in [0.2, 0.25) is 0 Å². The minimum absolute atomic E-state index is 0.00778. The largest absolute Gasteiger partial charge is 0.360 e. The van der Waals surface area contributed by atoms with Crippen molar-refractivity contribution in [3.05, 3.63) is 17.5 Å². The molecule has 1 aromatic heterocycles. The van der Waals surface area contributed by atoms with Gasteiger partial charge in [-0.25, -0.2) is 0 Å². The third-order valence-electron chi connectivity index (χ3n) is 7.16. The maximum atomic E-state index is 13.4. The fourth-order valence-electron chi connectivity index (χ4n) is 5.33. The Hall–Kier alpha value is -1.49. The van der Waals surface area contributed by atoms with E-state index in [9.17, 15) is 13.2 Å². The third-order valence-corrected chi connectivity index (χ3v) is 9.31. The molecule has 10 heteroatoms. The molecule has 2 unspecified atom stereocenters. The minimum Gasteiger partial charge on any atom is -0.360 e. The molecule has 166 valence electrons. The molecule has 3 aliphatic heterocycles. The smallest absolute Gasteiger partial charge is 0.282 e. The molecule has 30 heavy (non-hydrogen) atoms. The molecule has 1 aromatic rings. The SMILES string of the molecule is CN(C1CCCNC1)S(=O)(=O)N1[C@@H]2CC[C@H]1CC(NC(=O)c1cc(C3CC3)on1)C2. The van der Waals surface area contributed by atoms with Crippen LogP contribution in [0.4, 0.5) is 0 Å². The predicted octanol–water partition coefficient (Wildman–Crippen LogP) is 1.21. The van der Waals surface area contributed by atoms with Crippen LogP contribution in [0.15, 0.2) is 10.6 Å². The van der Waals surface area contributed by atoms with Crippen molar-refractivity contribution in [1.82, 2.24) is 24.4 Å². The van der Waals surface area contributed by atoms with Crippen LogP contribution in [-0.4, -0.2) is 72.4 Å². The summed E-state index contributed by atoms with van der Waals surface area (Å²) in [7, 11) is -1.80. The Morgan fingerprint density at radius 3 is 2.60 bits per heavy atom. The normalized spacial score (nSPS) is 32.5. The lowest BCUT2D eigenvalue weighted by Crippen LogP contribution is -2.58. The molecule has 4 aliphatic rings. The van der Waals surface area contributed by atoms with Crippen LogP contribution in [0, 0.1) is 0 Å². The Balaban J connectivity index is 1.23. The number of nitrogens with one attached hydrogen (secondary N) is 2. The second-order valence-electron chi connectivity index (χ2n) is 9.27. The fraction of sp³-hybridized carbons (Fsp3) is 0.800. The van der Waals surface area contributed by atoms with Crippen molar-refractivity contribution >= 4 is 16.1 Å². The summed E-state index contributed by atoms with van der Waals surface area (Å²) in [6, 6.07) is 1.60. The van der Waals surface area contributed by atoms with E-state index in [1.54, 1.807) is 21.7 Å². The topological polar surface area (TPSA) is 108 Å². The lowest BCUT2D eigenvalue weighted by atomic mass is 9.99. The molecule has 0 spiro atoms. The van der Waals surface area contributed by atoms with Crippen molar-refractivity contribution in [1.29, 1.82) is 0 Å². The van der Waals surface area contributed by atoms with Gasteiger partial charge in [-0.2, -0.15) is 17.0 Å². The molecule has 1 aliphatic carbocycles. The molecule has 0 radical (unpaired) electrons. The summed E-state index contributed by atoms with van der Waals surface area (Å²) in [5.41, 5.74) is 0.323. The Kier molecular flexibility index (Phi) is 5.37. The second-order valence-corrected chi connectivity index (χ2v) is 11.2. The van der Waals surface area contributed by atoms with Gasteiger partial charge in [0.2, 0.25) is 0 Å². The average molecular weight is 438 g/mol. The lowest BCUT2D eigenvalue weighted by Gasteiger charge is -2.42. The van der Waals surface area contributed by atoms with E-state index in [1.807, 2.05) is 0 Å². The van der Waals surface area contributed by atoms with Crippen molar-refractivity contribution < 1.29 is 17.7 Å². The first-order valence-electron chi connectivity index (χ1n) is 11.2. The van der Waals surface area contributed by atoms with E-state index in [4.69, 9.17) is 4.52 Å². The quantitative estimate of drug-likeness (QED) is 0.693. The molecule has 5 rings (SSSR count). The number of fused-ring (bicyclic) bond motifs is 2. The number of hydrogen-bond donors (Lipinski definition) is 2. The van der Waals surface area contributed by atoms with Gasteiger partial charge >= 0.3 is 0 Å². The summed E-state index contributed by atoms with van der Waals surface area (Å²) in [5, 5.41) is 10.3. The third kappa shape index (κ3) is 3.79. The summed E-state index contributed by atoms with van der Waals surface area (Å²) in [6.07, 6.45) is 7.07. The summed E-state index contributed by atoms with van der Waals surface area (Å²) in [4.78, 5) is 12.6. The standard InChI is InChI=1S/C20H31N5O4S/c1-24(17-3-2-8-21-12-17)30(27,28)25-15-6-7-16(25)10-14(9-15)22-20(26)18-11-19(29-23-18)13-4-5-13/h11,13-17,21H,2-10,12H2,1H3,(H,22,26)/t14?,15-,16+,17?. The predicted molar refractivity (Wildman–Crippen MR) is 110 cm³/mol. The highest BCUT2D eigenvalue weighted by molar-refractivity contribution is 7.86. The highest BCUT2D eigenvalue weighted by Crippen LogP contribution is 2.41. The molecule has 1 amide bonds. The lowest BCUT2D eigenvalue weighted by molar-refractivity contribution is 0.0897. The first kappa shape index (κ1) is 20.4. The number of piperidine rings is 2. The number of carbonyl (C=O) groups is 1. The number of amides is 1. The van der Waals surface area contributed by atoms with Gasteiger partial charge in [0, 0.05) is 49.7 Å². The van der Waals surface area contributed by atoms with E-state index >= 15 is 0 Å². The van der Waals surface area contributed by atoms with Crippen molar-refractivity contribution in [2.75, 3.05) is 20.1 Å². The molecule has 4 heterocycles. The highest BCUT2D eigenvalue weighted by Gasteiger charge is 2.49. The first-order chi connectivity index (χ1) is 14.4. The van der Waals surface area contributed by atoms with Crippen molar-refractivity contribution in [2.24, 2.45) is 0 Å². The van der Waals surface area contributed by atoms with Crippen LogP contribution in [0.1, 0.15) is 73.5 Å². The van der Waals surface area contributed by atoms with Crippen LogP contribution in [0.5, 0.6) is 0 Å². The van der Waals surface area contributed by atoms with Gasteiger partial charge in [0.1, 0.15) is 5.76 Å². The summed E-state index contributed by atoms with van der Waals surface area (Å²) < 4.78 is 35.4. The Labute approximate surface area is 177 Å². The van der Waals surface area contributed by atoms with Gasteiger partial charge in [-0.3, -0.25) is 4.79 Å². The van der Waals surface area contributed by atoms with Gasteiger partial charge in [-0.15, -0.1) is 0 Å². The maximum absolute atomic E-state index is 13.4. The zero-order valence-corrected chi connectivity index (χ0v) is 18.2. The summed E-state index contributed by atoms with van der Waals surface area (Å²) >= 11 is 0. The number of aromatic nitrogens is 1. The van der Waals surface area contributed by atoms with Gasteiger partial charge in [-0.05, 0) is 57.9 Å². The number of rotatable bonds is 6. The fourth-order valence-corrected chi connectivity index (χ4v) is 7.32. The molecule has 4 atom stereocenters. The minimum atomic E-state index is -3.51. The first-order valence-corrected chi connectivity index (χ1v) is 12.6. The van der Waals surface area contributed by atoms with Crippen LogP contribution in [0.3, 0.4) is 0 Å². The average Bonchev–Trinajstić information content (AvgIpc) is 3.40. The number of carbonyl (C=O) groups excluding carboxylic acids is 1. The molecule has 1 saturated carbocycles. The molecular formula is C20H31N5O4S. The Bertz CT molecular complexity index is 879. The van der Waals surface area contributed by atoms with Crippen LogP contribution < -0.4 is 10.6 Å². The molecule has 4 fully saturated rings. The molecule has 2 bridgehead atoms. The molecule has 9 nitrogen and oxygen atoms in total. The van der Waals surface area contributed by atoms with E-state index in [0.29, 0.717) is 31.0 Å². The zero-order chi connectivity index (χ0) is 20.9. The van der Waals surface area contributed by atoms with Crippen molar-refractivity contribution in [3.8, 4) is 0 Å². The summed E-state index contributed by atoms with van der Waals surface area (Å²) in [6.45, 7) is 1.66. The molecule has 2 N–H and O–H groups in total. The summed E-state index contributed by atoms with van der Waals surface area (Å²) in [5.74, 6) is 0.984. The molecule has 3 saturated heterocycles.